The molecule has 0 radical (unpaired) electrons. The molecule has 8 heteroatoms. The number of ketones is 1. The van der Waals surface area contributed by atoms with Gasteiger partial charge in [-0.15, -0.1) is 0 Å². The zero-order valence-electron chi connectivity index (χ0n) is 16.4. The number of aromatic nitrogens is 5. The molecular weight excluding hydrogens is 402 g/mol. The van der Waals surface area contributed by atoms with Gasteiger partial charge in [-0.1, -0.05) is 23.7 Å². The van der Waals surface area contributed by atoms with Gasteiger partial charge in [0.25, 0.3) is 11.5 Å². The number of pyridine rings is 1. The van der Waals surface area contributed by atoms with Crippen LogP contribution in [0.3, 0.4) is 0 Å². The van der Waals surface area contributed by atoms with Crippen LogP contribution in [0.25, 0.3) is 17.0 Å². The maximum Gasteiger partial charge on any atom is 0.283 e. The third-order valence-corrected chi connectivity index (χ3v) is 5.77. The zero-order chi connectivity index (χ0) is 21.0. The minimum atomic E-state index is -0.302. The number of H-pyrrole nitrogens is 1. The van der Waals surface area contributed by atoms with Gasteiger partial charge in [0, 0.05) is 34.6 Å². The SMILES string of the molecule is Cc1cc(C)nc(-n2[nH]c3ncc4c(c3c2=O)CC(c2ccc(Cl)cc2)CC4=O)n1. The number of halogens is 1. The van der Waals surface area contributed by atoms with E-state index < -0.39 is 0 Å². The van der Waals surface area contributed by atoms with E-state index in [-0.39, 0.29) is 23.2 Å². The topological polar surface area (TPSA) is 93.5 Å². The molecule has 7 nitrogen and oxygen atoms in total. The molecule has 0 amide bonds. The molecule has 30 heavy (non-hydrogen) atoms. The van der Waals surface area contributed by atoms with Crippen LogP contribution in [0.5, 0.6) is 0 Å². The quantitative estimate of drug-likeness (QED) is 0.534. The molecule has 1 aliphatic rings. The number of benzene rings is 1. The van der Waals surface area contributed by atoms with Crippen molar-refractivity contribution in [3.8, 4) is 5.95 Å². The molecule has 0 bridgehead atoms. The fourth-order valence-electron chi connectivity index (χ4n) is 4.16. The summed E-state index contributed by atoms with van der Waals surface area (Å²) >= 11 is 6.01. The molecule has 4 aromatic rings. The summed E-state index contributed by atoms with van der Waals surface area (Å²) in [6, 6.07) is 9.34. The Balaban J connectivity index is 1.67. The Kier molecular flexibility index (Phi) is 4.29. The summed E-state index contributed by atoms with van der Waals surface area (Å²) in [5, 5.41) is 4.07. The lowest BCUT2D eigenvalue weighted by Crippen LogP contribution is -2.22. The van der Waals surface area contributed by atoms with Gasteiger partial charge in [0.1, 0.15) is 0 Å². The zero-order valence-corrected chi connectivity index (χ0v) is 17.2. The maximum atomic E-state index is 13.3. The molecule has 150 valence electrons. The normalized spacial score (nSPS) is 16.1. The van der Waals surface area contributed by atoms with Crippen molar-refractivity contribution in [3.63, 3.8) is 0 Å². The second kappa shape index (κ2) is 6.88. The fraction of sp³-hybridized carbons (Fsp3) is 0.227. The number of Topliss-reactive ketones (excluding diaryl/α,β-unsaturated/α-hetero) is 1. The molecule has 1 unspecified atom stereocenters. The van der Waals surface area contributed by atoms with E-state index in [1.807, 2.05) is 44.2 Å². The smallest absolute Gasteiger partial charge is 0.283 e. The molecular formula is C22H18ClN5O2. The number of aryl methyl sites for hydroxylation is 2. The predicted molar refractivity (Wildman–Crippen MR) is 114 cm³/mol. The number of aromatic amines is 1. The third kappa shape index (κ3) is 3.02. The largest absolute Gasteiger partial charge is 0.294 e. The number of carbonyl (C=O) groups excluding carboxylic acids is 1. The molecule has 1 N–H and O–H groups in total. The monoisotopic (exact) mass is 419 g/mol. The molecule has 5 rings (SSSR count). The predicted octanol–water partition coefficient (Wildman–Crippen LogP) is 3.69. The molecule has 1 aliphatic carbocycles. The molecule has 0 fully saturated rings. The third-order valence-electron chi connectivity index (χ3n) is 5.52. The van der Waals surface area contributed by atoms with Gasteiger partial charge in [0.2, 0.25) is 0 Å². The van der Waals surface area contributed by atoms with E-state index in [1.165, 1.54) is 4.68 Å². The summed E-state index contributed by atoms with van der Waals surface area (Å²) in [6.45, 7) is 3.70. The molecule has 0 saturated carbocycles. The van der Waals surface area contributed by atoms with Gasteiger partial charge >= 0.3 is 0 Å². The lowest BCUT2D eigenvalue weighted by Gasteiger charge is -2.24. The van der Waals surface area contributed by atoms with Crippen LogP contribution in [0.4, 0.5) is 0 Å². The van der Waals surface area contributed by atoms with Gasteiger partial charge in [-0.3, -0.25) is 14.7 Å². The summed E-state index contributed by atoms with van der Waals surface area (Å²) in [6.07, 6.45) is 2.50. The number of hydrogen-bond acceptors (Lipinski definition) is 5. The van der Waals surface area contributed by atoms with Crippen molar-refractivity contribution in [2.75, 3.05) is 0 Å². The standard InChI is InChI=1S/C22H18ClN5O2/c1-11-7-12(2)26-22(25-11)28-21(30)19-16-8-14(13-3-5-15(23)6-4-13)9-18(29)17(16)10-24-20(19)27-28/h3-7,10,14H,8-9H2,1-2H3,(H,24,27). The van der Waals surface area contributed by atoms with Gasteiger partial charge in [-0.25, -0.2) is 15.0 Å². The van der Waals surface area contributed by atoms with Crippen molar-refractivity contribution in [2.45, 2.75) is 32.6 Å². The Labute approximate surface area is 176 Å². The molecule has 0 aliphatic heterocycles. The highest BCUT2D eigenvalue weighted by Crippen LogP contribution is 2.35. The number of hydrogen-bond donors (Lipinski definition) is 1. The summed E-state index contributed by atoms with van der Waals surface area (Å²) < 4.78 is 1.30. The van der Waals surface area contributed by atoms with E-state index in [0.717, 1.165) is 22.5 Å². The average molecular weight is 420 g/mol. The van der Waals surface area contributed by atoms with Crippen molar-refractivity contribution in [3.05, 3.63) is 80.0 Å². The minimum Gasteiger partial charge on any atom is -0.294 e. The first-order chi connectivity index (χ1) is 14.4. The first-order valence-corrected chi connectivity index (χ1v) is 10.0. The fourth-order valence-corrected chi connectivity index (χ4v) is 4.28. The maximum absolute atomic E-state index is 13.3. The second-order valence-corrected chi connectivity index (χ2v) is 8.09. The van der Waals surface area contributed by atoms with Crippen molar-refractivity contribution in [1.82, 2.24) is 24.7 Å². The van der Waals surface area contributed by atoms with Gasteiger partial charge < -0.3 is 0 Å². The van der Waals surface area contributed by atoms with Crippen molar-refractivity contribution in [2.24, 2.45) is 0 Å². The first kappa shape index (κ1) is 18.7. The lowest BCUT2D eigenvalue weighted by atomic mass is 9.79. The summed E-state index contributed by atoms with van der Waals surface area (Å²) in [7, 11) is 0. The number of nitrogens with one attached hydrogen (secondary N) is 1. The highest BCUT2D eigenvalue weighted by molar-refractivity contribution is 6.30. The highest BCUT2D eigenvalue weighted by atomic mass is 35.5. The number of rotatable bonds is 2. The van der Waals surface area contributed by atoms with Gasteiger partial charge in [-0.05, 0) is 55.5 Å². The van der Waals surface area contributed by atoms with Crippen LogP contribution in [0.2, 0.25) is 5.02 Å². The van der Waals surface area contributed by atoms with E-state index in [2.05, 4.69) is 20.1 Å². The van der Waals surface area contributed by atoms with Crippen LogP contribution in [0.15, 0.2) is 41.3 Å². The van der Waals surface area contributed by atoms with Gasteiger partial charge in [-0.2, -0.15) is 4.68 Å². The van der Waals surface area contributed by atoms with Crippen molar-refractivity contribution in [1.29, 1.82) is 0 Å². The van der Waals surface area contributed by atoms with E-state index in [4.69, 9.17) is 11.6 Å². The molecule has 3 heterocycles. The summed E-state index contributed by atoms with van der Waals surface area (Å²) in [5.41, 5.74) is 3.90. The van der Waals surface area contributed by atoms with Crippen molar-refractivity contribution < 1.29 is 4.79 Å². The Morgan fingerprint density at radius 3 is 2.47 bits per heavy atom. The van der Waals surface area contributed by atoms with Crippen LogP contribution in [-0.4, -0.2) is 30.5 Å². The second-order valence-electron chi connectivity index (χ2n) is 7.66. The molecule has 0 saturated heterocycles. The highest BCUT2D eigenvalue weighted by Gasteiger charge is 2.30. The summed E-state index contributed by atoms with van der Waals surface area (Å²) in [5.74, 6) is 0.231. The minimum absolute atomic E-state index is 0.0135. The van der Waals surface area contributed by atoms with E-state index in [0.29, 0.717) is 34.5 Å². The van der Waals surface area contributed by atoms with Crippen LogP contribution in [0.1, 0.15) is 45.2 Å². The van der Waals surface area contributed by atoms with Gasteiger partial charge in [0.05, 0.1) is 5.39 Å². The lowest BCUT2D eigenvalue weighted by molar-refractivity contribution is 0.0964. The average Bonchev–Trinajstić information content (AvgIpc) is 3.05. The molecule has 3 aromatic heterocycles. The first-order valence-electron chi connectivity index (χ1n) is 9.64. The Morgan fingerprint density at radius 1 is 1.07 bits per heavy atom. The van der Waals surface area contributed by atoms with E-state index in [1.54, 1.807) is 6.20 Å². The molecule has 0 spiro atoms. The van der Waals surface area contributed by atoms with E-state index in [9.17, 15) is 9.59 Å². The van der Waals surface area contributed by atoms with Crippen LogP contribution < -0.4 is 5.56 Å². The van der Waals surface area contributed by atoms with Crippen LogP contribution in [0, 0.1) is 13.8 Å². The number of carbonyl (C=O) groups is 1. The van der Waals surface area contributed by atoms with Crippen LogP contribution >= 0.6 is 11.6 Å². The van der Waals surface area contributed by atoms with Crippen molar-refractivity contribution >= 4 is 28.4 Å². The number of fused-ring (bicyclic) bond motifs is 3. The Bertz CT molecular complexity index is 1350. The Morgan fingerprint density at radius 2 is 1.77 bits per heavy atom. The van der Waals surface area contributed by atoms with Crippen LogP contribution in [-0.2, 0) is 6.42 Å². The number of nitrogens with zero attached hydrogens (tertiary/aromatic N) is 4. The van der Waals surface area contributed by atoms with Gasteiger partial charge in [0.15, 0.2) is 11.4 Å². The molecule has 1 aromatic carbocycles. The Hall–Kier alpha value is -3.32. The summed E-state index contributed by atoms with van der Waals surface area (Å²) in [4.78, 5) is 39.2. The molecule has 1 atom stereocenters. The van der Waals surface area contributed by atoms with E-state index >= 15 is 0 Å².